The summed E-state index contributed by atoms with van der Waals surface area (Å²) >= 11 is 0. The van der Waals surface area contributed by atoms with E-state index in [1.165, 1.54) is 0 Å². The zero-order valence-corrected chi connectivity index (χ0v) is 17.1. The summed E-state index contributed by atoms with van der Waals surface area (Å²) in [5, 5.41) is 9.63. The molecule has 149 valence electrons. The molecule has 0 saturated heterocycles. The van der Waals surface area contributed by atoms with Crippen LogP contribution in [0.4, 0.5) is 0 Å². The predicted molar refractivity (Wildman–Crippen MR) is 122 cm³/mol. The minimum atomic E-state index is 0.0778. The van der Waals surface area contributed by atoms with E-state index < -0.39 is 0 Å². The molecular formula is C28H25O2. The van der Waals surface area contributed by atoms with Crippen LogP contribution in [0.25, 0.3) is 22.3 Å². The third-order valence-electron chi connectivity index (χ3n) is 5.26. The monoisotopic (exact) mass is 393 g/mol. The van der Waals surface area contributed by atoms with Crippen LogP contribution in [0.2, 0.25) is 0 Å². The van der Waals surface area contributed by atoms with E-state index in [4.69, 9.17) is 4.74 Å². The van der Waals surface area contributed by atoms with Crippen LogP contribution in [0.15, 0.2) is 91.0 Å². The molecule has 0 aliphatic rings. The highest BCUT2D eigenvalue weighted by atomic mass is 16.5. The van der Waals surface area contributed by atoms with Gasteiger partial charge in [0.25, 0.3) is 0 Å². The normalized spacial score (nSPS) is 10.7. The van der Waals surface area contributed by atoms with Crippen LogP contribution in [0.3, 0.4) is 0 Å². The van der Waals surface area contributed by atoms with Gasteiger partial charge in [-0.3, -0.25) is 0 Å². The Hall–Kier alpha value is -3.36. The second-order valence-electron chi connectivity index (χ2n) is 7.29. The molecule has 1 radical (unpaired) electrons. The Morgan fingerprint density at radius 3 is 1.93 bits per heavy atom. The Labute approximate surface area is 178 Å². The quantitative estimate of drug-likeness (QED) is 0.402. The van der Waals surface area contributed by atoms with Crippen molar-refractivity contribution in [2.75, 3.05) is 6.61 Å². The van der Waals surface area contributed by atoms with E-state index in [1.54, 1.807) is 0 Å². The molecule has 0 amide bonds. The van der Waals surface area contributed by atoms with Crippen molar-refractivity contribution in [3.63, 3.8) is 0 Å². The Morgan fingerprint density at radius 2 is 1.33 bits per heavy atom. The first-order valence-electron chi connectivity index (χ1n) is 10.2. The van der Waals surface area contributed by atoms with Crippen molar-refractivity contribution in [1.82, 2.24) is 0 Å². The summed E-state index contributed by atoms with van der Waals surface area (Å²) in [5.74, 6) is 0.853. The van der Waals surface area contributed by atoms with Gasteiger partial charge in [0.05, 0.1) is 0 Å². The van der Waals surface area contributed by atoms with Crippen molar-refractivity contribution in [2.45, 2.75) is 20.0 Å². The minimum absolute atomic E-state index is 0.0778. The first-order valence-corrected chi connectivity index (χ1v) is 10.2. The highest BCUT2D eigenvalue weighted by Crippen LogP contribution is 2.43. The standard InChI is InChI=1S/C28H25O2/c1-21-25(17-18-29)19-26(23-13-7-3-8-14-23)27(24-15-9-4-10-16-24)28(21)30-20-22-11-5-2-6-12-22/h2-16,29H,17-18,20H2,1H3. The summed E-state index contributed by atoms with van der Waals surface area (Å²) in [6, 6.07) is 34.4. The van der Waals surface area contributed by atoms with Crippen molar-refractivity contribution < 1.29 is 9.84 Å². The summed E-state index contributed by atoms with van der Waals surface area (Å²) in [4.78, 5) is 0. The van der Waals surface area contributed by atoms with Crippen LogP contribution >= 0.6 is 0 Å². The fourth-order valence-electron chi connectivity index (χ4n) is 3.72. The van der Waals surface area contributed by atoms with Crippen molar-refractivity contribution >= 4 is 0 Å². The number of benzene rings is 4. The Morgan fingerprint density at radius 1 is 0.767 bits per heavy atom. The van der Waals surface area contributed by atoms with Gasteiger partial charge in [0.15, 0.2) is 0 Å². The molecule has 0 bridgehead atoms. The van der Waals surface area contributed by atoms with Gasteiger partial charge in [0, 0.05) is 17.7 Å². The van der Waals surface area contributed by atoms with Crippen molar-refractivity contribution in [3.05, 3.63) is 114 Å². The molecule has 0 heterocycles. The maximum absolute atomic E-state index is 9.63. The van der Waals surface area contributed by atoms with Crippen molar-refractivity contribution in [1.29, 1.82) is 0 Å². The molecule has 0 spiro atoms. The van der Waals surface area contributed by atoms with Crippen LogP contribution < -0.4 is 4.74 Å². The Balaban J connectivity index is 1.91. The maximum atomic E-state index is 9.63. The van der Waals surface area contributed by atoms with E-state index in [0.717, 1.165) is 44.7 Å². The summed E-state index contributed by atoms with van der Waals surface area (Å²) in [6.07, 6.45) is 0.544. The maximum Gasteiger partial charge on any atom is 0.131 e. The van der Waals surface area contributed by atoms with Gasteiger partial charge in [-0.1, -0.05) is 91.0 Å². The Bertz CT molecular complexity index is 1090. The highest BCUT2D eigenvalue weighted by Gasteiger charge is 2.20. The molecule has 30 heavy (non-hydrogen) atoms. The van der Waals surface area contributed by atoms with Crippen LogP contribution in [-0.2, 0) is 13.0 Å². The van der Waals surface area contributed by atoms with Crippen molar-refractivity contribution in [3.8, 4) is 28.0 Å². The van der Waals surface area contributed by atoms with Crippen LogP contribution in [0, 0.1) is 13.0 Å². The SMILES string of the molecule is Cc1c(CCO)[c]c(-c2ccccc2)c(-c2ccccc2)c1OCc1ccccc1. The lowest BCUT2D eigenvalue weighted by Gasteiger charge is -2.21. The number of ether oxygens (including phenoxy) is 1. The molecule has 2 heteroatoms. The number of rotatable bonds is 7. The molecule has 0 unspecified atom stereocenters. The zero-order valence-electron chi connectivity index (χ0n) is 17.1. The predicted octanol–water partition coefficient (Wildman–Crippen LogP) is 6.24. The molecular weight excluding hydrogens is 368 g/mol. The lowest BCUT2D eigenvalue weighted by atomic mass is 9.88. The van der Waals surface area contributed by atoms with Gasteiger partial charge >= 0.3 is 0 Å². The summed E-state index contributed by atoms with van der Waals surface area (Å²) < 4.78 is 6.46. The van der Waals surface area contributed by atoms with Crippen LogP contribution in [0.5, 0.6) is 5.75 Å². The minimum Gasteiger partial charge on any atom is -0.488 e. The average Bonchev–Trinajstić information content (AvgIpc) is 2.81. The Kier molecular flexibility index (Phi) is 6.26. The molecule has 0 aliphatic carbocycles. The fraction of sp³-hybridized carbons (Fsp3) is 0.143. The van der Waals surface area contributed by atoms with Crippen molar-refractivity contribution in [2.24, 2.45) is 0 Å². The number of hydrogen-bond donors (Lipinski definition) is 1. The molecule has 0 aliphatic heterocycles. The molecule has 0 atom stereocenters. The van der Waals surface area contributed by atoms with Gasteiger partial charge in [0.2, 0.25) is 0 Å². The van der Waals surface area contributed by atoms with Gasteiger partial charge in [-0.2, -0.15) is 0 Å². The molecule has 0 aromatic heterocycles. The molecule has 0 saturated carbocycles. The third kappa shape index (κ3) is 4.29. The largest absolute Gasteiger partial charge is 0.488 e. The smallest absolute Gasteiger partial charge is 0.131 e. The molecule has 4 rings (SSSR count). The molecule has 1 N–H and O–H groups in total. The fourth-order valence-corrected chi connectivity index (χ4v) is 3.72. The summed E-state index contributed by atoms with van der Waals surface area (Å²) in [7, 11) is 0. The molecule has 0 fully saturated rings. The average molecular weight is 394 g/mol. The number of hydrogen-bond acceptors (Lipinski definition) is 2. The first kappa shape index (κ1) is 19.9. The van der Waals surface area contributed by atoms with E-state index in [1.807, 2.05) is 54.6 Å². The third-order valence-corrected chi connectivity index (χ3v) is 5.26. The van der Waals surface area contributed by atoms with E-state index >= 15 is 0 Å². The lowest BCUT2D eigenvalue weighted by molar-refractivity contribution is 0.295. The topological polar surface area (TPSA) is 29.5 Å². The zero-order chi connectivity index (χ0) is 20.8. The molecule has 2 nitrogen and oxygen atoms in total. The molecule has 4 aromatic rings. The second-order valence-corrected chi connectivity index (χ2v) is 7.29. The first-order chi connectivity index (χ1) is 14.8. The number of aliphatic hydroxyl groups is 1. The van der Waals surface area contributed by atoms with E-state index in [0.29, 0.717) is 13.0 Å². The lowest BCUT2D eigenvalue weighted by Crippen LogP contribution is -2.05. The van der Waals surface area contributed by atoms with Gasteiger partial charge in [-0.25, -0.2) is 0 Å². The van der Waals surface area contributed by atoms with Gasteiger partial charge in [-0.05, 0) is 47.2 Å². The van der Waals surface area contributed by atoms with E-state index in [9.17, 15) is 5.11 Å². The summed E-state index contributed by atoms with van der Waals surface area (Å²) in [6.45, 7) is 2.62. The van der Waals surface area contributed by atoms with E-state index in [2.05, 4.69) is 49.4 Å². The van der Waals surface area contributed by atoms with Gasteiger partial charge < -0.3 is 9.84 Å². The van der Waals surface area contributed by atoms with Crippen LogP contribution in [-0.4, -0.2) is 11.7 Å². The van der Waals surface area contributed by atoms with Crippen LogP contribution in [0.1, 0.15) is 16.7 Å². The van der Waals surface area contributed by atoms with E-state index in [-0.39, 0.29) is 6.61 Å². The van der Waals surface area contributed by atoms with Gasteiger partial charge in [0.1, 0.15) is 12.4 Å². The number of aliphatic hydroxyl groups excluding tert-OH is 1. The molecule has 4 aromatic carbocycles. The highest BCUT2D eigenvalue weighted by molar-refractivity contribution is 5.89. The summed E-state index contributed by atoms with van der Waals surface area (Å²) in [5.41, 5.74) is 7.34. The van der Waals surface area contributed by atoms with Gasteiger partial charge in [-0.15, -0.1) is 0 Å². The second kappa shape index (κ2) is 9.43.